The van der Waals surface area contributed by atoms with Crippen LogP contribution in [0.3, 0.4) is 0 Å². The van der Waals surface area contributed by atoms with Gasteiger partial charge in [0.15, 0.2) is 0 Å². The molecule has 4 nitrogen and oxygen atoms in total. The number of carboxylic acid groups (broad SMARTS) is 1. The predicted octanol–water partition coefficient (Wildman–Crippen LogP) is 7.25. The van der Waals surface area contributed by atoms with Gasteiger partial charge >= 0.3 is 5.97 Å². The Kier molecular flexibility index (Phi) is 13.2. The molecule has 1 N–H and O–H groups in total. The summed E-state index contributed by atoms with van der Waals surface area (Å²) < 4.78 is 0. The number of hydrogen-bond donors (Lipinski definition) is 1. The lowest BCUT2D eigenvalue weighted by molar-refractivity contribution is -0.138. The van der Waals surface area contributed by atoms with Crippen LogP contribution in [0, 0.1) is 0 Å². The molecule has 0 heterocycles. The molecule has 2 saturated carbocycles. The molecular weight excluding hydrogens is 374 g/mol. The van der Waals surface area contributed by atoms with E-state index in [1.54, 1.807) is 0 Å². The van der Waals surface area contributed by atoms with Gasteiger partial charge in [0.1, 0.15) is 0 Å². The molecule has 2 rings (SSSR count). The summed E-state index contributed by atoms with van der Waals surface area (Å²) in [4.78, 5) is 26.0. The van der Waals surface area contributed by atoms with E-state index in [0.717, 1.165) is 25.7 Å². The molecule has 30 heavy (non-hydrogen) atoms. The number of hydrogen-bond acceptors (Lipinski definition) is 2. The van der Waals surface area contributed by atoms with Crippen molar-refractivity contribution in [3.63, 3.8) is 0 Å². The van der Waals surface area contributed by atoms with Gasteiger partial charge in [0.05, 0.1) is 0 Å². The number of carbonyl (C=O) groups is 2. The highest BCUT2D eigenvalue weighted by molar-refractivity contribution is 5.77. The van der Waals surface area contributed by atoms with Crippen molar-refractivity contribution in [2.75, 3.05) is 0 Å². The quantitative estimate of drug-likeness (QED) is 0.283. The summed E-state index contributed by atoms with van der Waals surface area (Å²) in [5, 5.41) is 8.63. The Hall–Kier alpha value is -1.06. The van der Waals surface area contributed by atoms with E-state index in [4.69, 9.17) is 5.11 Å². The molecule has 0 spiro atoms. The Labute approximate surface area is 185 Å². The van der Waals surface area contributed by atoms with E-state index in [2.05, 4.69) is 4.90 Å². The average molecular weight is 422 g/mol. The molecule has 0 aromatic heterocycles. The van der Waals surface area contributed by atoms with Gasteiger partial charge in [0, 0.05) is 24.9 Å². The maximum atomic E-state index is 13.1. The monoisotopic (exact) mass is 421 g/mol. The minimum absolute atomic E-state index is 0.317. The summed E-state index contributed by atoms with van der Waals surface area (Å²) in [5.41, 5.74) is 0. The standard InChI is InChI=1S/C26H47NO3/c28-25(21-15-7-5-3-1-2-4-6-8-16-22-26(29)30)27(23-17-11-9-12-18-23)24-19-13-10-14-20-24/h23-24H,1-22H2,(H,29,30). The van der Waals surface area contributed by atoms with Gasteiger partial charge in [-0.3, -0.25) is 9.59 Å². The highest BCUT2D eigenvalue weighted by Gasteiger charge is 2.31. The average Bonchev–Trinajstić information content (AvgIpc) is 2.76. The van der Waals surface area contributed by atoms with Crippen LogP contribution in [-0.2, 0) is 9.59 Å². The highest BCUT2D eigenvalue weighted by atomic mass is 16.4. The molecule has 0 atom stereocenters. The minimum atomic E-state index is -0.672. The molecule has 1 amide bonds. The van der Waals surface area contributed by atoms with E-state index >= 15 is 0 Å². The second-order valence-corrected chi connectivity index (χ2v) is 9.81. The van der Waals surface area contributed by atoms with E-state index in [-0.39, 0.29) is 0 Å². The maximum Gasteiger partial charge on any atom is 0.303 e. The fraction of sp³-hybridized carbons (Fsp3) is 0.923. The zero-order valence-corrected chi connectivity index (χ0v) is 19.4. The van der Waals surface area contributed by atoms with Crippen molar-refractivity contribution in [1.82, 2.24) is 4.90 Å². The van der Waals surface area contributed by atoms with Crippen LogP contribution in [0.5, 0.6) is 0 Å². The molecule has 2 aliphatic rings. The highest BCUT2D eigenvalue weighted by Crippen LogP contribution is 2.31. The second kappa shape index (κ2) is 15.7. The topological polar surface area (TPSA) is 57.6 Å². The second-order valence-electron chi connectivity index (χ2n) is 9.81. The molecule has 0 radical (unpaired) electrons. The first-order chi connectivity index (χ1) is 14.7. The van der Waals surface area contributed by atoms with Crippen molar-refractivity contribution in [3.8, 4) is 0 Å². The van der Waals surface area contributed by atoms with Gasteiger partial charge in [-0.2, -0.15) is 0 Å². The summed E-state index contributed by atoms with van der Waals surface area (Å²) in [6.07, 6.45) is 25.5. The van der Waals surface area contributed by atoms with Gasteiger partial charge in [-0.1, -0.05) is 89.9 Å². The third-order valence-electron chi connectivity index (χ3n) is 7.26. The van der Waals surface area contributed by atoms with Crippen LogP contribution in [0.2, 0.25) is 0 Å². The van der Waals surface area contributed by atoms with Crippen molar-refractivity contribution in [3.05, 3.63) is 0 Å². The summed E-state index contributed by atoms with van der Waals surface area (Å²) in [6, 6.07) is 1.06. The van der Waals surface area contributed by atoms with Crippen LogP contribution < -0.4 is 0 Å². The van der Waals surface area contributed by atoms with E-state index in [1.165, 1.54) is 109 Å². The third kappa shape index (κ3) is 10.3. The first-order valence-electron chi connectivity index (χ1n) is 13.2. The Morgan fingerprint density at radius 3 is 1.33 bits per heavy atom. The third-order valence-corrected chi connectivity index (χ3v) is 7.26. The molecule has 0 unspecified atom stereocenters. The van der Waals surface area contributed by atoms with Crippen LogP contribution >= 0.6 is 0 Å². The lowest BCUT2D eigenvalue weighted by Gasteiger charge is -2.42. The largest absolute Gasteiger partial charge is 0.481 e. The fourth-order valence-electron chi connectivity index (χ4n) is 5.52. The van der Waals surface area contributed by atoms with Gasteiger partial charge in [0.2, 0.25) is 5.91 Å². The number of nitrogens with zero attached hydrogens (tertiary/aromatic N) is 1. The van der Waals surface area contributed by atoms with Gasteiger partial charge < -0.3 is 10.0 Å². The van der Waals surface area contributed by atoms with Crippen LogP contribution in [0.25, 0.3) is 0 Å². The van der Waals surface area contributed by atoms with Crippen molar-refractivity contribution >= 4 is 11.9 Å². The molecule has 2 aliphatic carbocycles. The Morgan fingerprint density at radius 1 is 0.567 bits per heavy atom. The zero-order valence-electron chi connectivity index (χ0n) is 19.4. The van der Waals surface area contributed by atoms with Gasteiger partial charge in [-0.25, -0.2) is 0 Å². The van der Waals surface area contributed by atoms with Gasteiger partial charge in [-0.15, -0.1) is 0 Å². The summed E-state index contributed by atoms with van der Waals surface area (Å²) in [7, 11) is 0. The van der Waals surface area contributed by atoms with Gasteiger partial charge in [-0.05, 0) is 38.5 Å². The van der Waals surface area contributed by atoms with Crippen LogP contribution in [0.15, 0.2) is 0 Å². The Balaban J connectivity index is 1.54. The van der Waals surface area contributed by atoms with Crippen molar-refractivity contribution in [1.29, 1.82) is 0 Å². The number of carbonyl (C=O) groups excluding carboxylic acids is 1. The van der Waals surface area contributed by atoms with E-state index in [0.29, 0.717) is 24.4 Å². The summed E-state index contributed by atoms with van der Waals surface area (Å²) in [6.45, 7) is 0. The van der Waals surface area contributed by atoms with E-state index < -0.39 is 5.97 Å². The lowest BCUT2D eigenvalue weighted by Crippen LogP contribution is -2.48. The fourth-order valence-corrected chi connectivity index (χ4v) is 5.52. The number of unbranched alkanes of at least 4 members (excludes halogenated alkanes) is 9. The first kappa shape index (κ1) is 25.2. The molecule has 4 heteroatoms. The SMILES string of the molecule is O=C(O)CCCCCCCCCCCCC(=O)N(C1CCCCC1)C1CCCCC1. The van der Waals surface area contributed by atoms with Crippen LogP contribution in [-0.4, -0.2) is 34.0 Å². The number of carboxylic acids is 1. The van der Waals surface area contributed by atoms with Crippen LogP contribution in [0.4, 0.5) is 0 Å². The molecule has 0 bridgehead atoms. The summed E-state index contributed by atoms with van der Waals surface area (Å²) >= 11 is 0. The Bertz CT molecular complexity index is 449. The van der Waals surface area contributed by atoms with Crippen molar-refractivity contribution in [2.24, 2.45) is 0 Å². The smallest absolute Gasteiger partial charge is 0.303 e. The van der Waals surface area contributed by atoms with Crippen molar-refractivity contribution < 1.29 is 14.7 Å². The van der Waals surface area contributed by atoms with E-state index in [1.807, 2.05) is 0 Å². The molecule has 0 aromatic carbocycles. The van der Waals surface area contributed by atoms with Crippen molar-refractivity contribution in [2.45, 2.75) is 153 Å². The minimum Gasteiger partial charge on any atom is -0.481 e. The number of rotatable bonds is 15. The van der Waals surface area contributed by atoms with Crippen LogP contribution in [0.1, 0.15) is 141 Å². The Morgan fingerprint density at radius 2 is 0.933 bits per heavy atom. The predicted molar refractivity (Wildman–Crippen MR) is 124 cm³/mol. The molecule has 0 aromatic rings. The van der Waals surface area contributed by atoms with E-state index in [9.17, 15) is 9.59 Å². The molecule has 2 fully saturated rings. The zero-order chi connectivity index (χ0) is 21.4. The normalized spacial score (nSPS) is 18.4. The number of amides is 1. The maximum absolute atomic E-state index is 13.1. The first-order valence-corrected chi connectivity index (χ1v) is 13.2. The molecular formula is C26H47NO3. The van der Waals surface area contributed by atoms with Gasteiger partial charge in [0.25, 0.3) is 0 Å². The lowest BCUT2D eigenvalue weighted by atomic mass is 9.88. The molecule has 0 saturated heterocycles. The molecule has 0 aliphatic heterocycles. The number of aliphatic carboxylic acids is 1. The molecule has 174 valence electrons. The summed E-state index contributed by atoms with van der Waals surface area (Å²) in [5.74, 6) is -0.218.